The normalized spacial score (nSPS) is 13.4. The molecule has 1 aliphatic heterocycles. The maximum Gasteiger partial charge on any atom is 0.355 e. The van der Waals surface area contributed by atoms with Gasteiger partial charge in [-0.05, 0) is 36.8 Å². The Balaban J connectivity index is 1.53. The van der Waals surface area contributed by atoms with Crippen molar-refractivity contribution < 1.29 is 23.8 Å². The lowest BCUT2D eigenvalue weighted by Crippen LogP contribution is -2.31. The molecule has 1 aromatic heterocycles. The first kappa shape index (κ1) is 15.9. The minimum atomic E-state index is -0.534. The van der Waals surface area contributed by atoms with E-state index in [1.165, 1.54) is 0 Å². The van der Waals surface area contributed by atoms with Crippen LogP contribution >= 0.6 is 0 Å². The predicted molar refractivity (Wildman–Crippen MR) is 84.8 cm³/mol. The van der Waals surface area contributed by atoms with Gasteiger partial charge in [-0.25, -0.2) is 4.79 Å². The molecule has 3 rings (SSSR count). The first-order valence-electron chi connectivity index (χ1n) is 7.52. The van der Waals surface area contributed by atoms with Gasteiger partial charge in [-0.15, -0.1) is 0 Å². The third-order valence-corrected chi connectivity index (χ3v) is 3.76. The van der Waals surface area contributed by atoms with Crippen molar-refractivity contribution in [3.05, 3.63) is 47.8 Å². The standard InChI is InChI=1S/C17H18N2O5/c1-11(12-5-6-14-15(8-12)24-10-23-14)18-16(20)9-22-17(21)13-4-3-7-19(13)2/h3-8,11H,9-10H2,1-2H3,(H,18,20)/t11-/m1/s1. The van der Waals surface area contributed by atoms with Crippen molar-refractivity contribution in [3.8, 4) is 11.5 Å². The van der Waals surface area contributed by atoms with E-state index in [4.69, 9.17) is 14.2 Å². The number of benzene rings is 1. The van der Waals surface area contributed by atoms with E-state index < -0.39 is 5.97 Å². The van der Waals surface area contributed by atoms with Gasteiger partial charge in [-0.2, -0.15) is 0 Å². The highest BCUT2D eigenvalue weighted by Gasteiger charge is 2.18. The van der Waals surface area contributed by atoms with E-state index in [1.807, 2.05) is 19.1 Å². The highest BCUT2D eigenvalue weighted by Crippen LogP contribution is 2.34. The zero-order valence-electron chi connectivity index (χ0n) is 13.4. The van der Waals surface area contributed by atoms with Gasteiger partial charge in [-0.1, -0.05) is 6.07 Å². The van der Waals surface area contributed by atoms with Crippen LogP contribution in [0.4, 0.5) is 0 Å². The topological polar surface area (TPSA) is 78.8 Å². The van der Waals surface area contributed by atoms with Crippen molar-refractivity contribution in [3.63, 3.8) is 0 Å². The molecule has 1 atom stereocenters. The third-order valence-electron chi connectivity index (χ3n) is 3.76. The molecule has 0 saturated heterocycles. The summed E-state index contributed by atoms with van der Waals surface area (Å²) in [6.45, 7) is 1.71. The van der Waals surface area contributed by atoms with Gasteiger partial charge in [0, 0.05) is 13.2 Å². The Morgan fingerprint density at radius 1 is 1.29 bits per heavy atom. The van der Waals surface area contributed by atoms with Crippen LogP contribution in [-0.4, -0.2) is 29.8 Å². The van der Waals surface area contributed by atoms with Crippen molar-refractivity contribution in [2.24, 2.45) is 7.05 Å². The monoisotopic (exact) mass is 330 g/mol. The number of aryl methyl sites for hydroxylation is 1. The highest BCUT2D eigenvalue weighted by atomic mass is 16.7. The van der Waals surface area contributed by atoms with Crippen LogP contribution in [-0.2, 0) is 16.6 Å². The molecule has 0 fully saturated rings. The predicted octanol–water partition coefficient (Wildman–Crippen LogP) is 1.79. The lowest BCUT2D eigenvalue weighted by atomic mass is 10.1. The van der Waals surface area contributed by atoms with Gasteiger partial charge in [0.1, 0.15) is 5.69 Å². The second-order valence-corrected chi connectivity index (χ2v) is 5.48. The molecule has 1 amide bonds. The summed E-state index contributed by atoms with van der Waals surface area (Å²) in [5.74, 6) is 0.439. The van der Waals surface area contributed by atoms with Crippen LogP contribution in [0.1, 0.15) is 29.0 Å². The first-order valence-corrected chi connectivity index (χ1v) is 7.52. The summed E-state index contributed by atoms with van der Waals surface area (Å²) in [6.07, 6.45) is 1.73. The number of carbonyl (C=O) groups excluding carboxylic acids is 2. The van der Waals surface area contributed by atoms with Gasteiger partial charge in [0.2, 0.25) is 6.79 Å². The number of carbonyl (C=O) groups is 2. The molecule has 2 heterocycles. The second-order valence-electron chi connectivity index (χ2n) is 5.48. The van der Waals surface area contributed by atoms with E-state index in [9.17, 15) is 9.59 Å². The molecule has 0 radical (unpaired) electrons. The van der Waals surface area contributed by atoms with E-state index in [2.05, 4.69) is 5.32 Å². The van der Waals surface area contributed by atoms with E-state index in [0.29, 0.717) is 17.2 Å². The fourth-order valence-electron chi connectivity index (χ4n) is 2.43. The third kappa shape index (κ3) is 3.34. The molecular weight excluding hydrogens is 312 g/mol. The number of nitrogens with one attached hydrogen (secondary N) is 1. The van der Waals surface area contributed by atoms with Crippen molar-refractivity contribution in [2.45, 2.75) is 13.0 Å². The number of hydrogen-bond donors (Lipinski definition) is 1. The van der Waals surface area contributed by atoms with Gasteiger partial charge in [0.25, 0.3) is 5.91 Å². The lowest BCUT2D eigenvalue weighted by Gasteiger charge is -2.15. The smallest absolute Gasteiger partial charge is 0.355 e. The summed E-state index contributed by atoms with van der Waals surface area (Å²) in [5, 5.41) is 2.78. The molecule has 0 bridgehead atoms. The van der Waals surface area contributed by atoms with E-state index in [-0.39, 0.29) is 25.3 Å². The van der Waals surface area contributed by atoms with Crippen LogP contribution in [0.25, 0.3) is 0 Å². The van der Waals surface area contributed by atoms with Crippen LogP contribution in [0.15, 0.2) is 36.5 Å². The molecular formula is C17H18N2O5. The maximum atomic E-state index is 12.0. The van der Waals surface area contributed by atoms with Gasteiger partial charge in [0.15, 0.2) is 18.1 Å². The minimum absolute atomic E-state index is 0.203. The molecule has 0 saturated carbocycles. The molecule has 2 aromatic rings. The number of nitrogens with zero attached hydrogens (tertiary/aromatic N) is 1. The molecule has 24 heavy (non-hydrogen) atoms. The Hall–Kier alpha value is -2.96. The largest absolute Gasteiger partial charge is 0.454 e. The Morgan fingerprint density at radius 2 is 2.08 bits per heavy atom. The molecule has 0 aliphatic carbocycles. The zero-order valence-corrected chi connectivity index (χ0v) is 13.4. The number of rotatable bonds is 5. The number of esters is 1. The van der Waals surface area contributed by atoms with Crippen LogP contribution in [0, 0.1) is 0 Å². The Labute approximate surface area is 139 Å². The average molecular weight is 330 g/mol. The van der Waals surface area contributed by atoms with Crippen LogP contribution in [0.5, 0.6) is 11.5 Å². The van der Waals surface area contributed by atoms with Crippen LogP contribution in [0.3, 0.4) is 0 Å². The van der Waals surface area contributed by atoms with Crippen molar-refractivity contribution in [2.75, 3.05) is 13.4 Å². The quantitative estimate of drug-likeness (QED) is 0.846. The summed E-state index contributed by atoms with van der Waals surface area (Å²) in [5.41, 5.74) is 1.27. The van der Waals surface area contributed by atoms with Crippen LogP contribution in [0.2, 0.25) is 0 Å². The first-order chi connectivity index (χ1) is 11.5. The highest BCUT2D eigenvalue weighted by molar-refractivity contribution is 5.90. The minimum Gasteiger partial charge on any atom is -0.454 e. The van der Waals surface area contributed by atoms with Crippen molar-refractivity contribution in [1.82, 2.24) is 9.88 Å². The SMILES string of the molecule is C[C@@H](NC(=O)COC(=O)c1cccn1C)c1ccc2c(c1)OCO2. The van der Waals surface area contributed by atoms with E-state index in [1.54, 1.807) is 36.0 Å². The van der Waals surface area contributed by atoms with E-state index >= 15 is 0 Å². The number of hydrogen-bond acceptors (Lipinski definition) is 5. The summed E-state index contributed by atoms with van der Waals surface area (Å²) < 4.78 is 17.2. The Bertz CT molecular complexity index is 768. The van der Waals surface area contributed by atoms with E-state index in [0.717, 1.165) is 5.56 Å². The number of aromatic nitrogens is 1. The number of ether oxygens (including phenoxy) is 3. The summed E-state index contributed by atoms with van der Waals surface area (Å²) in [4.78, 5) is 23.8. The second kappa shape index (κ2) is 6.66. The maximum absolute atomic E-state index is 12.0. The number of fused-ring (bicyclic) bond motifs is 1. The average Bonchev–Trinajstić information content (AvgIpc) is 3.20. The lowest BCUT2D eigenvalue weighted by molar-refractivity contribution is -0.124. The molecule has 1 aromatic carbocycles. The molecule has 1 aliphatic rings. The summed E-state index contributed by atoms with van der Waals surface area (Å²) in [6, 6.07) is 8.60. The van der Waals surface area contributed by atoms with Gasteiger partial charge in [-0.3, -0.25) is 4.79 Å². The fourth-order valence-corrected chi connectivity index (χ4v) is 2.43. The number of amides is 1. The van der Waals surface area contributed by atoms with Gasteiger partial charge in [0.05, 0.1) is 6.04 Å². The fraction of sp³-hybridized carbons (Fsp3) is 0.294. The Morgan fingerprint density at radius 3 is 2.83 bits per heavy atom. The molecule has 7 nitrogen and oxygen atoms in total. The molecule has 126 valence electrons. The zero-order chi connectivity index (χ0) is 17.1. The van der Waals surface area contributed by atoms with Gasteiger partial charge < -0.3 is 24.1 Å². The summed E-state index contributed by atoms with van der Waals surface area (Å²) >= 11 is 0. The van der Waals surface area contributed by atoms with Crippen molar-refractivity contribution >= 4 is 11.9 Å². The van der Waals surface area contributed by atoms with Gasteiger partial charge >= 0.3 is 5.97 Å². The van der Waals surface area contributed by atoms with Crippen LogP contribution < -0.4 is 14.8 Å². The van der Waals surface area contributed by atoms with Crippen molar-refractivity contribution in [1.29, 1.82) is 0 Å². The molecule has 1 N–H and O–H groups in total. The molecule has 0 spiro atoms. The molecule has 0 unspecified atom stereocenters. The Kier molecular flexibility index (Phi) is 4.41. The summed E-state index contributed by atoms with van der Waals surface area (Å²) in [7, 11) is 1.73. The molecule has 7 heteroatoms.